The molecule has 0 spiro atoms. The number of rotatable bonds is 3. The molecule has 2 heterocycles. The molecule has 3 aromatic carbocycles. The van der Waals surface area contributed by atoms with Gasteiger partial charge >= 0.3 is 0 Å². The summed E-state index contributed by atoms with van der Waals surface area (Å²) in [7, 11) is 0. The summed E-state index contributed by atoms with van der Waals surface area (Å²) < 4.78 is 0. The Morgan fingerprint density at radius 3 is 2.73 bits per heavy atom. The largest absolute Gasteiger partial charge is 0.339 e. The van der Waals surface area contributed by atoms with Crippen molar-refractivity contribution in [3.05, 3.63) is 89.9 Å². The van der Waals surface area contributed by atoms with Gasteiger partial charge in [0, 0.05) is 33.7 Å². The van der Waals surface area contributed by atoms with Crippen molar-refractivity contribution in [2.45, 2.75) is 13.8 Å². The van der Waals surface area contributed by atoms with Crippen molar-refractivity contribution >= 4 is 33.5 Å². The van der Waals surface area contributed by atoms with Crippen LogP contribution in [0.15, 0.2) is 73.2 Å². The van der Waals surface area contributed by atoms with Crippen molar-refractivity contribution in [1.29, 1.82) is 0 Å². The SMILES string of the molecule is Cc1cccc(NC(=O)c2ccc(C)c(-c3ccc4c(c3)[nH]c3ncncc34)c2)c1. The highest BCUT2D eigenvalue weighted by Crippen LogP contribution is 2.31. The number of carbonyl (C=O) groups is 1. The fraction of sp³-hybridized carbons (Fsp3) is 0.0800. The molecule has 2 aromatic heterocycles. The fourth-order valence-electron chi connectivity index (χ4n) is 3.80. The lowest BCUT2D eigenvalue weighted by molar-refractivity contribution is 0.102. The molecule has 0 unspecified atom stereocenters. The molecule has 0 atom stereocenters. The number of fused-ring (bicyclic) bond motifs is 3. The number of benzene rings is 3. The van der Waals surface area contributed by atoms with Crippen LogP contribution in [0.5, 0.6) is 0 Å². The minimum absolute atomic E-state index is 0.121. The van der Waals surface area contributed by atoms with Crippen LogP contribution in [0.25, 0.3) is 33.1 Å². The number of aryl methyl sites for hydroxylation is 2. The highest BCUT2D eigenvalue weighted by molar-refractivity contribution is 6.07. The van der Waals surface area contributed by atoms with Crippen LogP contribution in [-0.4, -0.2) is 20.9 Å². The third kappa shape index (κ3) is 3.20. The summed E-state index contributed by atoms with van der Waals surface area (Å²) in [6, 6.07) is 19.8. The second-order valence-corrected chi connectivity index (χ2v) is 7.52. The predicted octanol–water partition coefficient (Wildman–Crippen LogP) is 5.65. The Morgan fingerprint density at radius 1 is 0.967 bits per heavy atom. The van der Waals surface area contributed by atoms with E-state index < -0.39 is 0 Å². The molecule has 2 N–H and O–H groups in total. The maximum Gasteiger partial charge on any atom is 0.255 e. The summed E-state index contributed by atoms with van der Waals surface area (Å²) >= 11 is 0. The van der Waals surface area contributed by atoms with Gasteiger partial charge in [0.1, 0.15) is 12.0 Å². The molecule has 146 valence electrons. The standard InChI is InChI=1S/C25H20N4O/c1-15-4-3-5-19(10-15)28-25(30)18-7-6-16(2)21(11-18)17-8-9-20-22-13-26-14-27-24(22)29-23(20)12-17/h3-14H,1-2H3,(H,28,30)(H,26,27,29). The van der Waals surface area contributed by atoms with Gasteiger partial charge in [-0.25, -0.2) is 9.97 Å². The zero-order valence-corrected chi connectivity index (χ0v) is 16.7. The fourth-order valence-corrected chi connectivity index (χ4v) is 3.80. The topological polar surface area (TPSA) is 70.7 Å². The molecule has 0 saturated carbocycles. The van der Waals surface area contributed by atoms with E-state index in [0.29, 0.717) is 5.56 Å². The van der Waals surface area contributed by atoms with Crippen molar-refractivity contribution in [3.63, 3.8) is 0 Å². The molecule has 0 fully saturated rings. The Hall–Kier alpha value is -3.99. The van der Waals surface area contributed by atoms with Crippen molar-refractivity contribution < 1.29 is 4.79 Å². The third-order valence-corrected chi connectivity index (χ3v) is 5.36. The van der Waals surface area contributed by atoms with Gasteiger partial charge < -0.3 is 10.3 Å². The van der Waals surface area contributed by atoms with Crippen LogP contribution in [-0.2, 0) is 0 Å². The lowest BCUT2D eigenvalue weighted by Gasteiger charge is -2.11. The van der Waals surface area contributed by atoms with E-state index in [4.69, 9.17) is 0 Å². The second-order valence-electron chi connectivity index (χ2n) is 7.52. The molecule has 5 aromatic rings. The summed E-state index contributed by atoms with van der Waals surface area (Å²) in [5.41, 5.74) is 7.52. The molecular weight excluding hydrogens is 372 g/mol. The molecule has 5 nitrogen and oxygen atoms in total. The summed E-state index contributed by atoms with van der Waals surface area (Å²) in [5.74, 6) is -0.121. The van der Waals surface area contributed by atoms with Crippen LogP contribution in [0.2, 0.25) is 0 Å². The maximum absolute atomic E-state index is 12.8. The van der Waals surface area contributed by atoms with Crippen molar-refractivity contribution in [2.24, 2.45) is 0 Å². The summed E-state index contributed by atoms with van der Waals surface area (Å²) in [4.78, 5) is 24.6. The van der Waals surface area contributed by atoms with E-state index in [1.807, 2.05) is 55.6 Å². The van der Waals surface area contributed by atoms with Gasteiger partial charge in [0.05, 0.1) is 0 Å². The van der Waals surface area contributed by atoms with E-state index in [0.717, 1.165) is 49.9 Å². The number of H-pyrrole nitrogens is 1. The molecule has 1 amide bonds. The number of hydrogen-bond acceptors (Lipinski definition) is 3. The molecule has 0 aliphatic rings. The van der Waals surface area contributed by atoms with E-state index in [-0.39, 0.29) is 5.91 Å². The van der Waals surface area contributed by atoms with Gasteiger partial charge in [-0.3, -0.25) is 4.79 Å². The van der Waals surface area contributed by atoms with Gasteiger partial charge in [-0.15, -0.1) is 0 Å². The summed E-state index contributed by atoms with van der Waals surface area (Å²) in [6.07, 6.45) is 3.36. The van der Waals surface area contributed by atoms with E-state index in [2.05, 4.69) is 45.4 Å². The van der Waals surface area contributed by atoms with Gasteiger partial charge in [0.2, 0.25) is 0 Å². The Bertz CT molecular complexity index is 1420. The Balaban J connectivity index is 1.53. The van der Waals surface area contributed by atoms with Crippen LogP contribution < -0.4 is 5.32 Å². The zero-order chi connectivity index (χ0) is 20.7. The average molecular weight is 392 g/mol. The number of carbonyl (C=O) groups excluding carboxylic acids is 1. The van der Waals surface area contributed by atoms with Gasteiger partial charge in [-0.05, 0) is 66.4 Å². The number of hydrogen-bond donors (Lipinski definition) is 2. The molecule has 0 aliphatic carbocycles. The summed E-state index contributed by atoms with van der Waals surface area (Å²) in [5, 5.41) is 5.07. The van der Waals surface area contributed by atoms with Crippen LogP contribution in [0.1, 0.15) is 21.5 Å². The van der Waals surface area contributed by atoms with E-state index >= 15 is 0 Å². The molecular formula is C25H20N4O. The molecule has 0 radical (unpaired) electrons. The molecule has 5 rings (SSSR count). The van der Waals surface area contributed by atoms with Crippen molar-refractivity contribution in [3.8, 4) is 11.1 Å². The zero-order valence-electron chi connectivity index (χ0n) is 16.7. The van der Waals surface area contributed by atoms with E-state index in [9.17, 15) is 4.79 Å². The second kappa shape index (κ2) is 7.12. The summed E-state index contributed by atoms with van der Waals surface area (Å²) in [6.45, 7) is 4.06. The predicted molar refractivity (Wildman–Crippen MR) is 121 cm³/mol. The smallest absolute Gasteiger partial charge is 0.255 e. The minimum atomic E-state index is -0.121. The normalized spacial score (nSPS) is 11.1. The lowest BCUT2D eigenvalue weighted by Crippen LogP contribution is -2.12. The van der Waals surface area contributed by atoms with Crippen LogP contribution in [0.3, 0.4) is 0 Å². The Morgan fingerprint density at radius 2 is 1.87 bits per heavy atom. The number of amides is 1. The van der Waals surface area contributed by atoms with Crippen LogP contribution in [0, 0.1) is 13.8 Å². The molecule has 0 aliphatic heterocycles. The van der Waals surface area contributed by atoms with Crippen molar-refractivity contribution in [1.82, 2.24) is 15.0 Å². The molecule has 30 heavy (non-hydrogen) atoms. The molecule has 0 bridgehead atoms. The van der Waals surface area contributed by atoms with Gasteiger partial charge in [0.15, 0.2) is 0 Å². The minimum Gasteiger partial charge on any atom is -0.339 e. The number of anilines is 1. The third-order valence-electron chi connectivity index (χ3n) is 5.36. The first-order valence-electron chi connectivity index (χ1n) is 9.79. The number of aromatic amines is 1. The first-order valence-corrected chi connectivity index (χ1v) is 9.79. The van der Waals surface area contributed by atoms with Gasteiger partial charge in [0.25, 0.3) is 5.91 Å². The van der Waals surface area contributed by atoms with Gasteiger partial charge in [-0.1, -0.05) is 30.3 Å². The first-order chi connectivity index (χ1) is 14.6. The highest BCUT2D eigenvalue weighted by atomic mass is 16.1. The average Bonchev–Trinajstić information content (AvgIpc) is 3.12. The number of nitrogens with one attached hydrogen (secondary N) is 2. The highest BCUT2D eigenvalue weighted by Gasteiger charge is 2.12. The first kappa shape index (κ1) is 18.1. The molecule has 5 heteroatoms. The Kier molecular flexibility index (Phi) is 4.29. The van der Waals surface area contributed by atoms with Crippen molar-refractivity contribution in [2.75, 3.05) is 5.32 Å². The van der Waals surface area contributed by atoms with Crippen LogP contribution >= 0.6 is 0 Å². The van der Waals surface area contributed by atoms with Gasteiger partial charge in [-0.2, -0.15) is 0 Å². The Labute approximate surface area is 173 Å². The number of nitrogens with zero attached hydrogens (tertiary/aromatic N) is 2. The van der Waals surface area contributed by atoms with Crippen LogP contribution in [0.4, 0.5) is 5.69 Å². The lowest BCUT2D eigenvalue weighted by atomic mass is 9.97. The number of aromatic nitrogens is 3. The van der Waals surface area contributed by atoms with E-state index in [1.54, 1.807) is 6.33 Å². The maximum atomic E-state index is 12.8. The quantitative estimate of drug-likeness (QED) is 0.417. The monoisotopic (exact) mass is 392 g/mol. The van der Waals surface area contributed by atoms with E-state index in [1.165, 1.54) is 0 Å². The molecule has 0 saturated heterocycles.